The molecule has 51 heavy (non-hydrogen) atoms. The number of benzene rings is 6. The Morgan fingerprint density at radius 1 is 0.294 bits per heavy atom. The lowest BCUT2D eigenvalue weighted by Gasteiger charge is -2.12. The molecule has 0 fully saturated rings. The molecule has 9 aromatic rings. The Balaban J connectivity index is 1.13. The normalized spacial score (nSPS) is 11.1. The average Bonchev–Trinajstić information content (AvgIpc) is 3.62. The number of hydrogen-bond donors (Lipinski definition) is 0. The SMILES string of the molecule is c1ccc(-c2ccc(-c3cc(-c4ccc(-c5ccccc5)cc4)nc(-c4ccc(-c5c(-c6ccccc6)nc6ccccn56)cc4)c3)cc2)cc1. The smallest absolute Gasteiger partial charge is 0.137 e. The highest BCUT2D eigenvalue weighted by atomic mass is 15.0. The molecular weight excluding hydrogens is 619 g/mol. The minimum Gasteiger partial charge on any atom is -0.299 e. The Morgan fingerprint density at radius 3 is 1.20 bits per heavy atom. The fourth-order valence-electron chi connectivity index (χ4n) is 6.81. The maximum absolute atomic E-state index is 5.26. The summed E-state index contributed by atoms with van der Waals surface area (Å²) in [4.78, 5) is 10.3. The molecule has 240 valence electrons. The first-order valence-corrected chi connectivity index (χ1v) is 17.2. The van der Waals surface area contributed by atoms with E-state index in [2.05, 4.69) is 187 Å². The molecule has 6 aromatic carbocycles. The number of nitrogens with zero attached hydrogens (tertiary/aromatic N) is 3. The third kappa shape index (κ3) is 6.03. The van der Waals surface area contributed by atoms with Crippen LogP contribution in [0.25, 0.3) is 84.1 Å². The topological polar surface area (TPSA) is 30.2 Å². The van der Waals surface area contributed by atoms with Gasteiger partial charge in [0.2, 0.25) is 0 Å². The summed E-state index contributed by atoms with van der Waals surface area (Å²) in [6, 6.07) is 68.2. The van der Waals surface area contributed by atoms with E-state index in [9.17, 15) is 0 Å². The molecule has 0 aliphatic heterocycles. The van der Waals surface area contributed by atoms with Gasteiger partial charge < -0.3 is 0 Å². The lowest BCUT2D eigenvalue weighted by atomic mass is 9.96. The van der Waals surface area contributed by atoms with Crippen LogP contribution in [0, 0.1) is 0 Å². The second-order valence-corrected chi connectivity index (χ2v) is 12.7. The fourth-order valence-corrected chi connectivity index (χ4v) is 6.81. The van der Waals surface area contributed by atoms with Crippen LogP contribution in [0.5, 0.6) is 0 Å². The number of pyridine rings is 2. The van der Waals surface area contributed by atoms with Crippen LogP contribution >= 0.6 is 0 Å². The molecule has 0 amide bonds. The van der Waals surface area contributed by atoms with E-state index in [0.717, 1.165) is 61.8 Å². The predicted octanol–water partition coefficient (Wildman–Crippen LogP) is 12.4. The Hall–Kier alpha value is -6.84. The first-order chi connectivity index (χ1) is 25.3. The van der Waals surface area contributed by atoms with Crippen molar-refractivity contribution in [3.63, 3.8) is 0 Å². The second-order valence-electron chi connectivity index (χ2n) is 12.7. The van der Waals surface area contributed by atoms with Crippen LogP contribution < -0.4 is 0 Å². The monoisotopic (exact) mass is 651 g/mol. The molecule has 3 aromatic heterocycles. The van der Waals surface area contributed by atoms with Crippen molar-refractivity contribution in [1.82, 2.24) is 14.4 Å². The highest BCUT2D eigenvalue weighted by Crippen LogP contribution is 2.36. The first-order valence-electron chi connectivity index (χ1n) is 17.2. The molecule has 0 spiro atoms. The van der Waals surface area contributed by atoms with Gasteiger partial charge in [-0.2, -0.15) is 0 Å². The number of imidazole rings is 1. The summed E-state index contributed by atoms with van der Waals surface area (Å²) in [5.74, 6) is 0. The van der Waals surface area contributed by atoms with E-state index in [0.29, 0.717) is 0 Å². The number of aromatic nitrogens is 3. The number of fused-ring (bicyclic) bond motifs is 1. The Kier molecular flexibility index (Phi) is 7.84. The standard InChI is InChI=1S/C48H33N3/c1-4-12-34(13-5-1)36-19-21-38(22-20-36)43-32-44(39-25-23-37(24-26-39)35-14-6-2-7-15-35)49-45(33-43)40-27-29-42(30-28-40)48-47(41-16-8-3-9-17-41)50-46-18-10-11-31-51(46)48/h1-33H. The summed E-state index contributed by atoms with van der Waals surface area (Å²) in [5.41, 5.74) is 16.2. The molecular formula is C48H33N3. The quantitative estimate of drug-likeness (QED) is 0.172. The van der Waals surface area contributed by atoms with Gasteiger partial charge in [0.15, 0.2) is 0 Å². The second kappa shape index (κ2) is 13.2. The van der Waals surface area contributed by atoms with Gasteiger partial charge in [-0.25, -0.2) is 9.97 Å². The molecule has 0 N–H and O–H groups in total. The predicted molar refractivity (Wildman–Crippen MR) is 211 cm³/mol. The van der Waals surface area contributed by atoms with Gasteiger partial charge in [-0.15, -0.1) is 0 Å². The van der Waals surface area contributed by atoms with Gasteiger partial charge in [0, 0.05) is 28.5 Å². The van der Waals surface area contributed by atoms with E-state index in [1.807, 2.05) is 18.2 Å². The van der Waals surface area contributed by atoms with E-state index in [1.165, 1.54) is 22.3 Å². The minimum absolute atomic E-state index is 0.922. The molecule has 0 unspecified atom stereocenters. The fraction of sp³-hybridized carbons (Fsp3) is 0. The lowest BCUT2D eigenvalue weighted by molar-refractivity contribution is 1.19. The van der Waals surface area contributed by atoms with E-state index < -0.39 is 0 Å². The van der Waals surface area contributed by atoms with Crippen molar-refractivity contribution in [1.29, 1.82) is 0 Å². The molecule has 3 heterocycles. The van der Waals surface area contributed by atoms with Crippen molar-refractivity contribution in [3.8, 4) is 78.4 Å². The minimum atomic E-state index is 0.922. The molecule has 0 bridgehead atoms. The molecule has 0 aliphatic rings. The van der Waals surface area contributed by atoms with Gasteiger partial charge in [-0.1, -0.05) is 170 Å². The molecule has 3 heteroatoms. The van der Waals surface area contributed by atoms with Gasteiger partial charge in [0.05, 0.1) is 22.8 Å². The van der Waals surface area contributed by atoms with E-state index in [1.54, 1.807) is 0 Å². The molecule has 3 nitrogen and oxygen atoms in total. The van der Waals surface area contributed by atoms with Crippen LogP contribution in [0.4, 0.5) is 0 Å². The van der Waals surface area contributed by atoms with Crippen molar-refractivity contribution in [2.24, 2.45) is 0 Å². The van der Waals surface area contributed by atoms with Crippen molar-refractivity contribution in [2.75, 3.05) is 0 Å². The maximum atomic E-state index is 5.26. The van der Waals surface area contributed by atoms with Crippen LogP contribution in [0.3, 0.4) is 0 Å². The van der Waals surface area contributed by atoms with Crippen molar-refractivity contribution < 1.29 is 0 Å². The molecule has 9 rings (SSSR count). The van der Waals surface area contributed by atoms with Gasteiger partial charge in [-0.3, -0.25) is 4.40 Å². The Bertz CT molecular complexity index is 2470. The number of rotatable bonds is 7. The van der Waals surface area contributed by atoms with Crippen LogP contribution in [-0.4, -0.2) is 14.4 Å². The highest BCUT2D eigenvalue weighted by Gasteiger charge is 2.16. The van der Waals surface area contributed by atoms with Crippen LogP contribution in [-0.2, 0) is 0 Å². The van der Waals surface area contributed by atoms with Crippen LogP contribution in [0.2, 0.25) is 0 Å². The van der Waals surface area contributed by atoms with Gasteiger partial charge in [-0.05, 0) is 57.6 Å². The first kappa shape index (κ1) is 30.2. The summed E-state index contributed by atoms with van der Waals surface area (Å²) in [6.45, 7) is 0. The highest BCUT2D eigenvalue weighted by molar-refractivity contribution is 5.84. The van der Waals surface area contributed by atoms with Crippen LogP contribution in [0.15, 0.2) is 200 Å². The lowest BCUT2D eigenvalue weighted by Crippen LogP contribution is -1.93. The average molecular weight is 652 g/mol. The Labute approximate surface area is 297 Å². The van der Waals surface area contributed by atoms with Crippen molar-refractivity contribution >= 4 is 5.65 Å². The largest absolute Gasteiger partial charge is 0.299 e. The Morgan fingerprint density at radius 2 is 0.686 bits per heavy atom. The zero-order valence-electron chi connectivity index (χ0n) is 27.9. The third-order valence-electron chi connectivity index (χ3n) is 9.47. The maximum Gasteiger partial charge on any atom is 0.137 e. The third-order valence-corrected chi connectivity index (χ3v) is 9.47. The summed E-state index contributed by atoms with van der Waals surface area (Å²) >= 11 is 0. The zero-order valence-corrected chi connectivity index (χ0v) is 27.9. The molecule has 0 aliphatic carbocycles. The zero-order chi connectivity index (χ0) is 34.0. The van der Waals surface area contributed by atoms with E-state index in [4.69, 9.17) is 9.97 Å². The molecule has 0 saturated heterocycles. The number of hydrogen-bond acceptors (Lipinski definition) is 2. The molecule has 0 saturated carbocycles. The van der Waals surface area contributed by atoms with Gasteiger partial charge in [0.25, 0.3) is 0 Å². The summed E-state index contributed by atoms with van der Waals surface area (Å²) in [7, 11) is 0. The van der Waals surface area contributed by atoms with E-state index in [-0.39, 0.29) is 0 Å². The molecule has 0 radical (unpaired) electrons. The van der Waals surface area contributed by atoms with Crippen LogP contribution in [0.1, 0.15) is 0 Å². The van der Waals surface area contributed by atoms with E-state index >= 15 is 0 Å². The summed E-state index contributed by atoms with van der Waals surface area (Å²) < 4.78 is 2.17. The molecule has 0 atom stereocenters. The van der Waals surface area contributed by atoms with Gasteiger partial charge >= 0.3 is 0 Å². The summed E-state index contributed by atoms with van der Waals surface area (Å²) in [6.07, 6.45) is 2.08. The summed E-state index contributed by atoms with van der Waals surface area (Å²) in [5, 5.41) is 0. The van der Waals surface area contributed by atoms with Crippen molar-refractivity contribution in [2.45, 2.75) is 0 Å². The van der Waals surface area contributed by atoms with Gasteiger partial charge in [0.1, 0.15) is 5.65 Å². The van der Waals surface area contributed by atoms with Crippen molar-refractivity contribution in [3.05, 3.63) is 200 Å².